The summed E-state index contributed by atoms with van der Waals surface area (Å²) < 4.78 is 0. The molecule has 1 aliphatic carbocycles. The van der Waals surface area contributed by atoms with Gasteiger partial charge < -0.3 is 10.6 Å². The fourth-order valence-corrected chi connectivity index (χ4v) is 3.78. The Kier molecular flexibility index (Phi) is 6.74. The molecular weight excluding hydrogens is 372 g/mol. The summed E-state index contributed by atoms with van der Waals surface area (Å²) in [6, 6.07) is 14.6. The molecule has 0 fully saturated rings. The highest BCUT2D eigenvalue weighted by Gasteiger charge is 2.29. The molecule has 3 rings (SSSR count). The highest BCUT2D eigenvalue weighted by molar-refractivity contribution is 6.31. The van der Waals surface area contributed by atoms with Crippen LogP contribution in [0.25, 0.3) is 0 Å². The van der Waals surface area contributed by atoms with Crippen LogP contribution in [0.5, 0.6) is 0 Å². The van der Waals surface area contributed by atoms with Gasteiger partial charge in [-0.1, -0.05) is 56.7 Å². The highest BCUT2D eigenvalue weighted by Crippen LogP contribution is 2.26. The Morgan fingerprint density at radius 1 is 1.04 bits per heavy atom. The van der Waals surface area contributed by atoms with Crippen LogP contribution < -0.4 is 10.6 Å². The second kappa shape index (κ2) is 9.24. The Morgan fingerprint density at radius 2 is 1.75 bits per heavy atom. The number of hydrogen-bond acceptors (Lipinski definition) is 2. The van der Waals surface area contributed by atoms with E-state index in [1.807, 2.05) is 44.2 Å². The lowest BCUT2D eigenvalue weighted by atomic mass is 9.97. The van der Waals surface area contributed by atoms with E-state index in [9.17, 15) is 9.59 Å². The summed E-state index contributed by atoms with van der Waals surface area (Å²) in [6.45, 7) is 3.96. The van der Waals surface area contributed by atoms with E-state index < -0.39 is 11.4 Å². The zero-order valence-electron chi connectivity index (χ0n) is 16.4. The van der Waals surface area contributed by atoms with Crippen LogP contribution in [-0.2, 0) is 22.4 Å². The maximum atomic E-state index is 12.9. The van der Waals surface area contributed by atoms with E-state index in [4.69, 9.17) is 11.6 Å². The first-order valence-corrected chi connectivity index (χ1v) is 10.3. The van der Waals surface area contributed by atoms with Gasteiger partial charge in [0.15, 0.2) is 0 Å². The summed E-state index contributed by atoms with van der Waals surface area (Å²) in [4.78, 5) is 25.6. The number of aryl methyl sites for hydroxylation is 2. The molecule has 0 aliphatic heterocycles. The third-order valence-electron chi connectivity index (χ3n) is 5.48. The molecule has 0 bridgehead atoms. The number of carbonyl (C=O) groups is 2. The maximum absolute atomic E-state index is 12.9. The fraction of sp³-hybridized carbons (Fsp3) is 0.391. The Morgan fingerprint density at radius 3 is 2.46 bits per heavy atom. The monoisotopic (exact) mass is 398 g/mol. The number of fused-ring (bicyclic) bond motifs is 1. The lowest BCUT2D eigenvalue weighted by Gasteiger charge is -2.25. The van der Waals surface area contributed by atoms with Crippen LogP contribution >= 0.6 is 11.6 Å². The van der Waals surface area contributed by atoms with Crippen molar-refractivity contribution in [2.75, 3.05) is 5.32 Å². The van der Waals surface area contributed by atoms with Crippen molar-refractivity contribution in [1.82, 2.24) is 5.32 Å². The maximum Gasteiger partial charge on any atom is 0.247 e. The van der Waals surface area contributed by atoms with Crippen molar-refractivity contribution in [3.05, 3.63) is 65.2 Å². The van der Waals surface area contributed by atoms with Gasteiger partial charge in [-0.2, -0.15) is 0 Å². The van der Waals surface area contributed by atoms with E-state index in [0.29, 0.717) is 5.56 Å². The van der Waals surface area contributed by atoms with Crippen LogP contribution in [0.4, 0.5) is 5.69 Å². The Labute approximate surface area is 171 Å². The Hall–Kier alpha value is -2.33. The Balaban J connectivity index is 1.70. The minimum Gasteiger partial charge on any atom is -0.342 e. The molecule has 0 spiro atoms. The SMILES string of the molecule is CCC(C)C(NC(=O)C(Cl)c1ccccc1)C(=O)Nc1ccc2c(c1)CCC2. The van der Waals surface area contributed by atoms with Gasteiger partial charge in [0.2, 0.25) is 11.8 Å². The molecule has 5 heteroatoms. The summed E-state index contributed by atoms with van der Waals surface area (Å²) in [5.41, 5.74) is 4.15. The van der Waals surface area contributed by atoms with Gasteiger partial charge in [0.1, 0.15) is 11.4 Å². The third-order valence-corrected chi connectivity index (χ3v) is 5.93. The molecule has 2 amide bonds. The second-order valence-electron chi connectivity index (χ2n) is 7.47. The first-order chi connectivity index (χ1) is 13.5. The molecular formula is C23H27ClN2O2. The normalized spacial score (nSPS) is 16.0. The molecule has 3 atom stereocenters. The van der Waals surface area contributed by atoms with Gasteiger partial charge in [0.25, 0.3) is 0 Å². The lowest BCUT2D eigenvalue weighted by molar-refractivity contribution is -0.127. The number of amides is 2. The molecule has 2 aromatic carbocycles. The molecule has 4 nitrogen and oxygen atoms in total. The summed E-state index contributed by atoms with van der Waals surface area (Å²) in [6.07, 6.45) is 4.08. The summed E-state index contributed by atoms with van der Waals surface area (Å²) >= 11 is 6.33. The molecule has 28 heavy (non-hydrogen) atoms. The molecule has 2 N–H and O–H groups in total. The largest absolute Gasteiger partial charge is 0.342 e. The van der Waals surface area contributed by atoms with Crippen molar-refractivity contribution < 1.29 is 9.59 Å². The highest BCUT2D eigenvalue weighted by atomic mass is 35.5. The molecule has 0 heterocycles. The van der Waals surface area contributed by atoms with Crippen molar-refractivity contribution >= 4 is 29.1 Å². The van der Waals surface area contributed by atoms with Crippen LogP contribution in [0.2, 0.25) is 0 Å². The first kappa shape index (κ1) is 20.4. The molecule has 3 unspecified atom stereocenters. The number of nitrogens with one attached hydrogen (secondary N) is 2. The summed E-state index contributed by atoms with van der Waals surface area (Å²) in [7, 11) is 0. The van der Waals surface area contributed by atoms with Crippen LogP contribution in [0.3, 0.4) is 0 Å². The number of anilines is 1. The van der Waals surface area contributed by atoms with Crippen LogP contribution in [-0.4, -0.2) is 17.9 Å². The lowest BCUT2D eigenvalue weighted by Crippen LogP contribution is -2.48. The average molecular weight is 399 g/mol. The molecule has 0 radical (unpaired) electrons. The van der Waals surface area contributed by atoms with Gasteiger partial charge in [-0.25, -0.2) is 0 Å². The van der Waals surface area contributed by atoms with E-state index in [2.05, 4.69) is 16.7 Å². The number of carbonyl (C=O) groups excluding carboxylic acids is 2. The molecule has 148 valence electrons. The second-order valence-corrected chi connectivity index (χ2v) is 7.91. The number of halogens is 1. The zero-order valence-corrected chi connectivity index (χ0v) is 17.1. The van der Waals surface area contributed by atoms with E-state index >= 15 is 0 Å². The smallest absolute Gasteiger partial charge is 0.247 e. The van der Waals surface area contributed by atoms with E-state index in [1.54, 1.807) is 12.1 Å². The van der Waals surface area contributed by atoms with Crippen molar-refractivity contribution in [1.29, 1.82) is 0 Å². The van der Waals surface area contributed by atoms with E-state index in [1.165, 1.54) is 11.1 Å². The van der Waals surface area contributed by atoms with Crippen LogP contribution in [0, 0.1) is 5.92 Å². The van der Waals surface area contributed by atoms with Gasteiger partial charge in [-0.3, -0.25) is 9.59 Å². The van der Waals surface area contributed by atoms with Crippen LogP contribution in [0.15, 0.2) is 48.5 Å². The predicted molar refractivity (Wildman–Crippen MR) is 114 cm³/mol. The van der Waals surface area contributed by atoms with Gasteiger partial charge >= 0.3 is 0 Å². The molecule has 1 aliphatic rings. The summed E-state index contributed by atoms with van der Waals surface area (Å²) in [5.74, 6) is -0.585. The zero-order chi connectivity index (χ0) is 20.1. The number of rotatable bonds is 7. The number of benzene rings is 2. The van der Waals surface area contributed by atoms with Crippen molar-refractivity contribution in [2.45, 2.75) is 50.9 Å². The first-order valence-electron chi connectivity index (χ1n) is 9.91. The van der Waals surface area contributed by atoms with Gasteiger partial charge in [0, 0.05) is 5.69 Å². The third kappa shape index (κ3) is 4.74. The standard InChI is InChI=1S/C23H27ClN2O2/c1-3-15(2)21(26-22(27)20(24)17-8-5-4-6-9-17)23(28)25-19-13-12-16-10-7-11-18(16)14-19/h4-6,8-9,12-15,20-21H,3,7,10-11H2,1-2H3,(H,25,28)(H,26,27). The van der Waals surface area contributed by atoms with Gasteiger partial charge in [-0.05, 0) is 54.0 Å². The molecule has 2 aromatic rings. The van der Waals surface area contributed by atoms with E-state index in [-0.39, 0.29) is 17.7 Å². The van der Waals surface area contributed by atoms with Crippen molar-refractivity contribution in [2.24, 2.45) is 5.92 Å². The van der Waals surface area contributed by atoms with Crippen molar-refractivity contribution in [3.63, 3.8) is 0 Å². The average Bonchev–Trinajstić information content (AvgIpc) is 3.19. The van der Waals surface area contributed by atoms with Crippen LogP contribution in [0.1, 0.15) is 48.8 Å². The molecule has 0 saturated heterocycles. The number of alkyl halides is 1. The minimum absolute atomic E-state index is 0.0157. The number of hydrogen-bond donors (Lipinski definition) is 2. The van der Waals surface area contributed by atoms with Crippen molar-refractivity contribution in [3.8, 4) is 0 Å². The predicted octanol–water partition coefficient (Wildman–Crippen LogP) is 4.62. The minimum atomic E-state index is -0.833. The topological polar surface area (TPSA) is 58.2 Å². The molecule has 0 aromatic heterocycles. The Bertz CT molecular complexity index is 838. The molecule has 0 saturated carbocycles. The summed E-state index contributed by atoms with van der Waals surface area (Å²) in [5, 5.41) is 5.00. The fourth-order valence-electron chi connectivity index (χ4n) is 3.57. The quantitative estimate of drug-likeness (QED) is 0.668. The van der Waals surface area contributed by atoms with Gasteiger partial charge in [-0.15, -0.1) is 11.6 Å². The van der Waals surface area contributed by atoms with E-state index in [0.717, 1.165) is 31.4 Å². The van der Waals surface area contributed by atoms with Gasteiger partial charge in [0.05, 0.1) is 0 Å².